The highest BCUT2D eigenvalue weighted by Gasteiger charge is 2.32. The van der Waals surface area contributed by atoms with Crippen LogP contribution in [0, 0.1) is 6.92 Å². The van der Waals surface area contributed by atoms with E-state index in [-0.39, 0.29) is 10.6 Å². The smallest absolute Gasteiger partial charge is 0.357 e. The van der Waals surface area contributed by atoms with Crippen LogP contribution in [0.25, 0.3) is 0 Å². The Kier molecular flexibility index (Phi) is 5.07. The van der Waals surface area contributed by atoms with Crippen LogP contribution in [0.2, 0.25) is 0 Å². The first-order valence-electron chi connectivity index (χ1n) is 6.14. The van der Waals surface area contributed by atoms with Gasteiger partial charge in [0.15, 0.2) is 5.69 Å². The van der Waals surface area contributed by atoms with Crippen molar-refractivity contribution >= 4 is 16.0 Å². The minimum atomic E-state index is -3.83. The Morgan fingerprint density at radius 3 is 2.26 bits per heavy atom. The van der Waals surface area contributed by atoms with E-state index in [1.54, 1.807) is 0 Å². The molecular formula is C11H19N3O4S. The highest BCUT2D eigenvalue weighted by Crippen LogP contribution is 2.22. The molecule has 0 spiro atoms. The first-order valence-corrected chi connectivity index (χ1v) is 7.58. The third kappa shape index (κ3) is 3.13. The monoisotopic (exact) mass is 289 g/mol. The number of aryl methyl sites for hydroxylation is 1. The van der Waals surface area contributed by atoms with Crippen molar-refractivity contribution in [1.82, 2.24) is 14.5 Å². The van der Waals surface area contributed by atoms with Gasteiger partial charge in [-0.1, -0.05) is 13.8 Å². The normalized spacial score (nSPS) is 12.0. The van der Waals surface area contributed by atoms with Gasteiger partial charge in [0.2, 0.25) is 10.0 Å². The summed E-state index contributed by atoms with van der Waals surface area (Å²) >= 11 is 0. The molecule has 0 atom stereocenters. The van der Waals surface area contributed by atoms with Crippen LogP contribution in [0.3, 0.4) is 0 Å². The zero-order chi connectivity index (χ0) is 14.6. The van der Waals surface area contributed by atoms with Crippen molar-refractivity contribution in [2.45, 2.75) is 38.5 Å². The average molecular weight is 289 g/mol. The molecule has 1 aromatic rings. The number of H-pyrrole nitrogens is 1. The fourth-order valence-corrected chi connectivity index (χ4v) is 3.77. The number of nitrogens with one attached hydrogen (secondary N) is 1. The van der Waals surface area contributed by atoms with E-state index in [1.165, 1.54) is 11.2 Å². The molecule has 0 saturated carbocycles. The zero-order valence-corrected chi connectivity index (χ0v) is 12.1. The van der Waals surface area contributed by atoms with Gasteiger partial charge in [0.25, 0.3) is 0 Å². The van der Waals surface area contributed by atoms with E-state index in [9.17, 15) is 13.2 Å². The van der Waals surface area contributed by atoms with Crippen molar-refractivity contribution < 1.29 is 18.3 Å². The number of carboxylic acid groups (broad SMARTS) is 1. The van der Waals surface area contributed by atoms with E-state index in [2.05, 4.69) is 10.2 Å². The number of hydrogen-bond donors (Lipinski definition) is 2. The topological polar surface area (TPSA) is 103 Å². The Hall–Kier alpha value is -1.41. The lowest BCUT2D eigenvalue weighted by Gasteiger charge is -2.20. The van der Waals surface area contributed by atoms with Gasteiger partial charge in [0.1, 0.15) is 4.90 Å². The molecule has 0 radical (unpaired) electrons. The predicted octanol–water partition coefficient (Wildman–Crippen LogP) is 1.23. The number of aromatic nitrogens is 2. The summed E-state index contributed by atoms with van der Waals surface area (Å²) in [5, 5.41) is 15.0. The highest BCUT2D eigenvalue weighted by molar-refractivity contribution is 7.89. The standard InChI is InChI=1S/C11H19N3O4S/c1-4-6-14(7-5-2)19(17,18)10-8(3)12-13-9(10)11(15)16/h4-7H2,1-3H3,(H,12,13)(H,15,16). The van der Waals surface area contributed by atoms with Crippen LogP contribution in [0.5, 0.6) is 0 Å². The Labute approximate surface area is 112 Å². The molecule has 0 aromatic carbocycles. The van der Waals surface area contributed by atoms with Gasteiger partial charge in [-0.05, 0) is 19.8 Å². The molecule has 19 heavy (non-hydrogen) atoms. The van der Waals surface area contributed by atoms with Gasteiger partial charge in [-0.25, -0.2) is 13.2 Å². The third-order valence-corrected chi connectivity index (χ3v) is 4.70. The van der Waals surface area contributed by atoms with Crippen molar-refractivity contribution in [1.29, 1.82) is 0 Å². The van der Waals surface area contributed by atoms with Crippen LogP contribution in [0.15, 0.2) is 4.90 Å². The van der Waals surface area contributed by atoms with Crippen LogP contribution in [-0.2, 0) is 10.0 Å². The quantitative estimate of drug-likeness (QED) is 0.785. The van der Waals surface area contributed by atoms with E-state index in [0.29, 0.717) is 25.9 Å². The number of sulfonamides is 1. The molecule has 0 bridgehead atoms. The van der Waals surface area contributed by atoms with E-state index >= 15 is 0 Å². The molecule has 0 saturated heterocycles. The number of carbonyl (C=O) groups is 1. The number of aromatic carboxylic acids is 1. The summed E-state index contributed by atoms with van der Waals surface area (Å²) in [5.41, 5.74) is -0.204. The van der Waals surface area contributed by atoms with Gasteiger partial charge in [0, 0.05) is 13.1 Å². The van der Waals surface area contributed by atoms with Crippen molar-refractivity contribution in [3.63, 3.8) is 0 Å². The van der Waals surface area contributed by atoms with Crippen LogP contribution in [0.1, 0.15) is 42.9 Å². The molecule has 1 aromatic heterocycles. The number of nitrogens with zero attached hydrogens (tertiary/aromatic N) is 2. The van der Waals surface area contributed by atoms with Gasteiger partial charge >= 0.3 is 5.97 Å². The van der Waals surface area contributed by atoms with Crippen molar-refractivity contribution in [2.24, 2.45) is 0 Å². The summed E-state index contributed by atoms with van der Waals surface area (Å²) in [6, 6.07) is 0. The maximum atomic E-state index is 12.5. The van der Waals surface area contributed by atoms with Gasteiger partial charge in [-0.2, -0.15) is 9.40 Å². The fourth-order valence-electron chi connectivity index (χ4n) is 1.86. The summed E-state index contributed by atoms with van der Waals surface area (Å²) in [5.74, 6) is -1.35. The van der Waals surface area contributed by atoms with Crippen LogP contribution in [0.4, 0.5) is 0 Å². The van der Waals surface area contributed by atoms with Crippen molar-refractivity contribution in [2.75, 3.05) is 13.1 Å². The Bertz CT molecular complexity index is 544. The van der Waals surface area contributed by atoms with Crippen LogP contribution in [-0.4, -0.2) is 47.1 Å². The lowest BCUT2D eigenvalue weighted by molar-refractivity contribution is 0.0686. The minimum absolute atomic E-state index is 0.234. The molecule has 0 amide bonds. The lowest BCUT2D eigenvalue weighted by Crippen LogP contribution is -2.33. The summed E-state index contributed by atoms with van der Waals surface area (Å²) in [6.07, 6.45) is 1.33. The van der Waals surface area contributed by atoms with Gasteiger partial charge in [0.05, 0.1) is 5.69 Å². The summed E-state index contributed by atoms with van der Waals surface area (Å²) in [7, 11) is -3.83. The van der Waals surface area contributed by atoms with Crippen LogP contribution < -0.4 is 0 Å². The Balaban J connectivity index is 3.32. The summed E-state index contributed by atoms with van der Waals surface area (Å²) < 4.78 is 26.3. The Morgan fingerprint density at radius 1 is 1.32 bits per heavy atom. The summed E-state index contributed by atoms with van der Waals surface area (Å²) in [4.78, 5) is 10.8. The second-order valence-electron chi connectivity index (χ2n) is 4.24. The molecule has 7 nitrogen and oxygen atoms in total. The van der Waals surface area contributed by atoms with Crippen molar-refractivity contribution in [3.8, 4) is 0 Å². The summed E-state index contributed by atoms with van der Waals surface area (Å²) in [6.45, 7) is 5.97. The molecule has 0 aliphatic rings. The molecular weight excluding hydrogens is 270 g/mol. The first-order chi connectivity index (χ1) is 8.86. The number of rotatable bonds is 7. The third-order valence-electron chi connectivity index (χ3n) is 2.64. The SMILES string of the molecule is CCCN(CCC)S(=O)(=O)c1c(C(=O)O)n[nH]c1C. The molecule has 0 unspecified atom stereocenters. The van der Waals surface area contributed by atoms with E-state index in [4.69, 9.17) is 5.11 Å². The molecule has 1 rings (SSSR count). The molecule has 0 aliphatic heterocycles. The van der Waals surface area contributed by atoms with E-state index in [0.717, 1.165) is 0 Å². The van der Waals surface area contributed by atoms with E-state index < -0.39 is 21.7 Å². The number of carboxylic acids is 1. The number of hydrogen-bond acceptors (Lipinski definition) is 4. The second-order valence-corrected chi connectivity index (χ2v) is 6.11. The molecule has 0 aliphatic carbocycles. The van der Waals surface area contributed by atoms with Crippen LogP contribution >= 0.6 is 0 Å². The van der Waals surface area contributed by atoms with Gasteiger partial charge < -0.3 is 5.11 Å². The molecule has 8 heteroatoms. The molecule has 0 fully saturated rings. The molecule has 1 heterocycles. The van der Waals surface area contributed by atoms with Gasteiger partial charge in [-0.15, -0.1) is 0 Å². The number of aromatic amines is 1. The minimum Gasteiger partial charge on any atom is -0.476 e. The average Bonchev–Trinajstić information content (AvgIpc) is 2.71. The maximum absolute atomic E-state index is 12.5. The Morgan fingerprint density at radius 2 is 1.84 bits per heavy atom. The van der Waals surface area contributed by atoms with Crippen molar-refractivity contribution in [3.05, 3.63) is 11.4 Å². The fraction of sp³-hybridized carbons (Fsp3) is 0.636. The van der Waals surface area contributed by atoms with Gasteiger partial charge in [-0.3, -0.25) is 5.10 Å². The van der Waals surface area contributed by atoms with E-state index in [1.807, 2.05) is 13.8 Å². The predicted molar refractivity (Wildman–Crippen MR) is 69.6 cm³/mol. The first kappa shape index (κ1) is 15.6. The molecule has 2 N–H and O–H groups in total. The second kappa shape index (κ2) is 6.16. The lowest BCUT2D eigenvalue weighted by atomic mass is 10.4. The maximum Gasteiger partial charge on any atom is 0.357 e. The highest BCUT2D eigenvalue weighted by atomic mass is 32.2. The largest absolute Gasteiger partial charge is 0.476 e. The zero-order valence-electron chi connectivity index (χ0n) is 11.3. The molecule has 108 valence electrons.